The molecular weight excluding hydrogens is 318 g/mol. The number of hydrogen-bond acceptors (Lipinski definition) is 6. The largest absolute Gasteiger partial charge is 0.497 e. The Bertz CT molecular complexity index is 643. The third kappa shape index (κ3) is 5.26. The Hall–Kier alpha value is -2.05. The molecule has 0 aliphatic rings. The molecule has 0 bridgehead atoms. The van der Waals surface area contributed by atoms with Crippen LogP contribution in [0.1, 0.15) is 24.2 Å². The second-order valence-electron chi connectivity index (χ2n) is 4.88. The van der Waals surface area contributed by atoms with Gasteiger partial charge in [0, 0.05) is 24.1 Å². The van der Waals surface area contributed by atoms with Gasteiger partial charge in [-0.25, -0.2) is 0 Å². The van der Waals surface area contributed by atoms with Crippen molar-refractivity contribution in [1.82, 2.24) is 15.5 Å². The lowest BCUT2D eigenvalue weighted by Gasteiger charge is -2.06. The maximum Gasteiger partial charge on any atom is 0.250 e. The number of likely N-dealkylation sites (N-methyl/N-ethyl adjacent to an activating group) is 1. The zero-order valence-electron chi connectivity index (χ0n) is 13.7. The molecule has 0 radical (unpaired) electrons. The molecule has 0 spiro atoms. The normalized spacial score (nSPS) is 12.0. The molecule has 1 atom stereocenters. The Morgan fingerprint density at radius 3 is 2.70 bits per heavy atom. The molecule has 2 aromatic rings. The fraction of sp³-hybridized carbons (Fsp3) is 0.375. The van der Waals surface area contributed by atoms with Crippen molar-refractivity contribution in [1.29, 1.82) is 0 Å². The molecule has 7 heteroatoms. The summed E-state index contributed by atoms with van der Waals surface area (Å²) < 4.78 is 15.8. The molecule has 1 unspecified atom stereocenters. The summed E-state index contributed by atoms with van der Waals surface area (Å²) in [5.74, 6) is 2.65. The molecular formula is C16H22ClN3O3. The second kappa shape index (κ2) is 9.17. The maximum absolute atomic E-state index is 5.32. The topological polar surface area (TPSA) is 69.4 Å². The first-order chi connectivity index (χ1) is 10.7. The van der Waals surface area contributed by atoms with E-state index in [1.54, 1.807) is 20.3 Å². The molecule has 2 rings (SSSR count). The Balaban J connectivity index is 0.00000264. The predicted molar refractivity (Wildman–Crippen MR) is 92.2 cm³/mol. The molecule has 0 amide bonds. The van der Waals surface area contributed by atoms with E-state index < -0.39 is 0 Å². The van der Waals surface area contributed by atoms with Crippen LogP contribution in [0.5, 0.6) is 11.5 Å². The average molecular weight is 340 g/mol. The SMILES string of the molecule is CNC(C)Cc1noc(/C=C/c2cc(OC)ccc2OC)n1.Cl. The fourth-order valence-corrected chi connectivity index (χ4v) is 1.92. The van der Waals surface area contributed by atoms with Crippen LogP contribution in [-0.2, 0) is 6.42 Å². The summed E-state index contributed by atoms with van der Waals surface area (Å²) in [4.78, 5) is 4.33. The van der Waals surface area contributed by atoms with Crippen LogP contribution in [-0.4, -0.2) is 37.4 Å². The third-order valence-corrected chi connectivity index (χ3v) is 3.31. The Labute approximate surface area is 142 Å². The van der Waals surface area contributed by atoms with Crippen molar-refractivity contribution in [3.63, 3.8) is 0 Å². The van der Waals surface area contributed by atoms with Crippen LogP contribution in [0.25, 0.3) is 12.2 Å². The minimum absolute atomic E-state index is 0. The maximum atomic E-state index is 5.32. The summed E-state index contributed by atoms with van der Waals surface area (Å²) in [6, 6.07) is 5.88. The molecule has 0 fully saturated rings. The van der Waals surface area contributed by atoms with E-state index in [4.69, 9.17) is 14.0 Å². The van der Waals surface area contributed by atoms with Crippen LogP contribution >= 0.6 is 12.4 Å². The lowest BCUT2D eigenvalue weighted by atomic mass is 10.1. The van der Waals surface area contributed by atoms with Crippen molar-refractivity contribution >= 4 is 24.6 Å². The van der Waals surface area contributed by atoms with Crippen molar-refractivity contribution in [2.45, 2.75) is 19.4 Å². The fourth-order valence-electron chi connectivity index (χ4n) is 1.92. The molecule has 0 aliphatic carbocycles. The third-order valence-electron chi connectivity index (χ3n) is 3.31. The van der Waals surface area contributed by atoms with E-state index in [0.717, 1.165) is 23.5 Å². The zero-order valence-corrected chi connectivity index (χ0v) is 14.5. The van der Waals surface area contributed by atoms with E-state index in [2.05, 4.69) is 22.4 Å². The van der Waals surface area contributed by atoms with E-state index in [9.17, 15) is 0 Å². The summed E-state index contributed by atoms with van der Waals surface area (Å²) in [6.07, 6.45) is 4.34. The molecule has 1 aromatic heterocycles. The van der Waals surface area contributed by atoms with Gasteiger partial charge in [-0.2, -0.15) is 4.98 Å². The minimum atomic E-state index is 0. The minimum Gasteiger partial charge on any atom is -0.497 e. The Kier molecular flexibility index (Phi) is 7.57. The van der Waals surface area contributed by atoms with Crippen molar-refractivity contribution in [2.75, 3.05) is 21.3 Å². The van der Waals surface area contributed by atoms with Crippen LogP contribution in [0.2, 0.25) is 0 Å². The van der Waals surface area contributed by atoms with Gasteiger partial charge in [-0.3, -0.25) is 0 Å². The van der Waals surface area contributed by atoms with Crippen molar-refractivity contribution in [3.8, 4) is 11.5 Å². The van der Waals surface area contributed by atoms with E-state index in [1.165, 1.54) is 0 Å². The Morgan fingerprint density at radius 1 is 1.26 bits per heavy atom. The Morgan fingerprint density at radius 2 is 2.04 bits per heavy atom. The predicted octanol–water partition coefficient (Wildman–Crippen LogP) is 2.83. The smallest absolute Gasteiger partial charge is 0.250 e. The number of methoxy groups -OCH3 is 2. The van der Waals surface area contributed by atoms with E-state index >= 15 is 0 Å². The van der Waals surface area contributed by atoms with E-state index in [-0.39, 0.29) is 12.4 Å². The summed E-state index contributed by atoms with van der Waals surface area (Å²) in [7, 11) is 5.16. The van der Waals surface area contributed by atoms with Gasteiger partial charge >= 0.3 is 0 Å². The lowest BCUT2D eigenvalue weighted by Crippen LogP contribution is -2.24. The van der Waals surface area contributed by atoms with Gasteiger partial charge in [-0.1, -0.05) is 5.16 Å². The molecule has 126 valence electrons. The first-order valence-corrected chi connectivity index (χ1v) is 7.06. The van der Waals surface area contributed by atoms with E-state index in [1.807, 2.05) is 31.3 Å². The monoisotopic (exact) mass is 339 g/mol. The van der Waals surface area contributed by atoms with Crippen molar-refractivity contribution in [2.24, 2.45) is 0 Å². The first-order valence-electron chi connectivity index (χ1n) is 7.06. The number of hydrogen-bond donors (Lipinski definition) is 1. The zero-order chi connectivity index (χ0) is 15.9. The average Bonchev–Trinajstić information content (AvgIpc) is 2.99. The molecule has 1 aromatic carbocycles. The van der Waals surface area contributed by atoms with Gasteiger partial charge in [-0.05, 0) is 38.2 Å². The van der Waals surface area contributed by atoms with Crippen molar-refractivity contribution in [3.05, 3.63) is 35.5 Å². The summed E-state index contributed by atoms with van der Waals surface area (Å²) in [5, 5.41) is 7.10. The number of rotatable bonds is 7. The second-order valence-corrected chi connectivity index (χ2v) is 4.88. The van der Waals surface area contributed by atoms with Gasteiger partial charge in [0.25, 0.3) is 5.89 Å². The van der Waals surface area contributed by atoms with Crippen LogP contribution in [0.3, 0.4) is 0 Å². The van der Waals surface area contributed by atoms with Crippen LogP contribution in [0, 0.1) is 0 Å². The molecule has 6 nitrogen and oxygen atoms in total. The highest BCUT2D eigenvalue weighted by atomic mass is 35.5. The van der Waals surface area contributed by atoms with Gasteiger partial charge in [-0.15, -0.1) is 12.4 Å². The number of nitrogens with zero attached hydrogens (tertiary/aromatic N) is 2. The van der Waals surface area contributed by atoms with Gasteiger partial charge in [0.05, 0.1) is 14.2 Å². The standard InChI is InChI=1S/C16H21N3O3.ClH/c1-11(17-2)9-15-18-16(22-19-15)8-5-12-10-13(20-3)6-7-14(12)21-4;/h5-8,10-11,17H,9H2,1-4H3;1H/b8-5+;. The van der Waals surface area contributed by atoms with Gasteiger partial charge < -0.3 is 19.3 Å². The number of halogens is 1. The molecule has 0 saturated heterocycles. The first kappa shape index (κ1) is 19.0. The van der Waals surface area contributed by atoms with E-state index in [0.29, 0.717) is 17.8 Å². The molecule has 1 N–H and O–H groups in total. The highest BCUT2D eigenvalue weighted by molar-refractivity contribution is 5.85. The number of aromatic nitrogens is 2. The van der Waals surface area contributed by atoms with Gasteiger partial charge in [0.15, 0.2) is 5.82 Å². The molecule has 0 saturated carbocycles. The number of nitrogens with one attached hydrogen (secondary N) is 1. The van der Waals surface area contributed by atoms with Gasteiger partial charge in [0.1, 0.15) is 11.5 Å². The highest BCUT2D eigenvalue weighted by Crippen LogP contribution is 2.25. The van der Waals surface area contributed by atoms with Crippen LogP contribution in [0.4, 0.5) is 0 Å². The number of benzene rings is 1. The quantitative estimate of drug-likeness (QED) is 0.836. The number of ether oxygens (including phenoxy) is 2. The lowest BCUT2D eigenvalue weighted by molar-refractivity contribution is 0.399. The highest BCUT2D eigenvalue weighted by Gasteiger charge is 2.08. The summed E-state index contributed by atoms with van der Waals surface area (Å²) in [6.45, 7) is 2.06. The molecule has 0 aliphatic heterocycles. The van der Waals surface area contributed by atoms with Crippen molar-refractivity contribution < 1.29 is 14.0 Å². The summed E-state index contributed by atoms with van der Waals surface area (Å²) >= 11 is 0. The molecule has 1 heterocycles. The van der Waals surface area contributed by atoms with Crippen LogP contribution in [0.15, 0.2) is 22.7 Å². The summed E-state index contributed by atoms with van der Waals surface area (Å²) in [5.41, 5.74) is 0.880. The van der Waals surface area contributed by atoms with Gasteiger partial charge in [0.2, 0.25) is 0 Å². The molecule has 23 heavy (non-hydrogen) atoms. The van der Waals surface area contributed by atoms with Crippen LogP contribution < -0.4 is 14.8 Å².